The van der Waals surface area contributed by atoms with Crippen LogP contribution in [-0.4, -0.2) is 11.5 Å². The molecule has 0 atom stereocenters. The molecule has 0 aliphatic rings. The molecule has 4 heavy (non-hydrogen) atoms. The van der Waals surface area contributed by atoms with E-state index in [-0.39, 0.29) is 0 Å². The lowest BCUT2D eigenvalue weighted by Crippen LogP contribution is -2.09. The zero-order chi connectivity index (χ0) is 3.41. The summed E-state index contributed by atoms with van der Waals surface area (Å²) < 4.78 is 0. The molecule has 0 fully saturated rings. The first-order valence-electron chi connectivity index (χ1n) is 1.21. The second kappa shape index (κ2) is 2.92. The van der Waals surface area contributed by atoms with Crippen LogP contribution in [0.2, 0.25) is 0 Å². The lowest BCUT2D eigenvalue weighted by atomic mass is 10.9. The fourth-order valence-electron chi connectivity index (χ4n) is 0. The fourth-order valence-corrected chi connectivity index (χ4v) is 0. The molecular weight excluding hydrogens is 56.0 g/mol. The highest BCUT2D eigenvalue weighted by Gasteiger charge is 1.50. The maximum absolute atomic E-state index is 8.92. The van der Waals surface area contributed by atoms with Crippen molar-refractivity contribution in [2.45, 2.75) is 6.92 Å². The molecule has 0 aliphatic heterocycles. The summed E-state index contributed by atoms with van der Waals surface area (Å²) in [7, 11) is 0. The summed E-state index contributed by atoms with van der Waals surface area (Å²) >= 11 is 0. The van der Waals surface area contributed by atoms with Crippen LogP contribution in [0.4, 0.5) is 0 Å². The van der Waals surface area contributed by atoms with Gasteiger partial charge in [-0.15, -0.1) is 0 Å². The number of hydrogen-bond acceptors (Lipinski definition) is 1. The molecule has 2 heteroatoms. The Bertz CT molecular complexity index is 6.00. The lowest BCUT2D eigenvalue weighted by Gasteiger charge is -1.87. The predicted molar refractivity (Wildman–Crippen MR) is 12.8 cm³/mol. The highest BCUT2D eigenvalue weighted by Crippen LogP contribution is 1.38. The molecule has 0 amide bonds. The van der Waals surface area contributed by atoms with Crippen molar-refractivity contribution in [3.8, 4) is 0 Å². The molecule has 0 heterocycles. The van der Waals surface area contributed by atoms with E-state index >= 15 is 0 Å². The highest BCUT2D eigenvalue weighted by atomic mass is 17.1. The van der Waals surface area contributed by atoms with Crippen LogP contribution in [0.3, 0.4) is 0 Å². The summed E-state index contributed by atoms with van der Waals surface area (Å²) in [6.45, 7) is 2.09. The molecule has 0 unspecified atom stereocenters. The van der Waals surface area contributed by atoms with E-state index in [2.05, 4.69) is 4.89 Å². The van der Waals surface area contributed by atoms with Crippen LogP contribution in [0.1, 0.15) is 6.92 Å². The van der Waals surface area contributed by atoms with Gasteiger partial charge in [0.2, 0.25) is 0 Å². The summed E-state index contributed by atoms with van der Waals surface area (Å²) in [6, 6.07) is 0. The van der Waals surface area contributed by atoms with Crippen molar-refractivity contribution in [2.24, 2.45) is 0 Å². The molecule has 26 valence electrons. The molecule has 0 aromatic carbocycles. The van der Waals surface area contributed by atoms with Crippen molar-refractivity contribution in [3.05, 3.63) is 0 Å². The van der Waals surface area contributed by atoms with Crippen molar-refractivity contribution in [1.82, 2.24) is 0 Å². The Morgan fingerprint density at radius 3 is 2.25 bits per heavy atom. The van der Waals surface area contributed by atoms with E-state index in [1.165, 1.54) is 0 Å². The molecule has 1 N–H and O–H groups in total. The monoisotopic (exact) mass is 62.0 g/mol. The Labute approximate surface area is 24.9 Å². The number of aliphatic hydroxyl groups is 1. The average molecular weight is 62.1 g/mol. The molecule has 0 spiro atoms. The molecule has 0 saturated carbocycles. The molecular formula is C2H6O2. The molecule has 0 aromatic heterocycles. The van der Waals surface area contributed by atoms with E-state index in [0.717, 1.165) is 0 Å². The van der Waals surface area contributed by atoms with Gasteiger partial charge in [0, 0.05) is 6.92 Å². The molecule has 0 radical (unpaired) electrons. The van der Waals surface area contributed by atoms with Gasteiger partial charge in [-0.1, -0.05) is 0 Å². The van der Waals surface area contributed by atoms with Gasteiger partial charge in [-0.3, -0.25) is 0 Å². The van der Waals surface area contributed by atoms with Crippen molar-refractivity contribution in [1.29, 1.82) is 0 Å². The van der Waals surface area contributed by atoms with Gasteiger partial charge in [-0.2, -0.15) is 0 Å². The van der Waals surface area contributed by atoms with Crippen LogP contribution in [0.15, 0.2) is 0 Å². The number of rotatable bonds is 1. The van der Waals surface area contributed by atoms with Gasteiger partial charge in [0.1, 0.15) is 6.61 Å². The van der Waals surface area contributed by atoms with Gasteiger partial charge >= 0.3 is 0 Å². The van der Waals surface area contributed by atoms with Crippen molar-refractivity contribution in [2.75, 3.05) is 6.61 Å². The normalized spacial score (nSPS) is 7.50. The number of hydrogen-bond donors (Lipinski definition) is 0. The van der Waals surface area contributed by atoms with Gasteiger partial charge in [0.05, 0.1) is 0 Å². The fraction of sp³-hybridized carbons (Fsp3) is 1.00. The SMILES string of the molecule is CC[OH+][O-]. The van der Waals surface area contributed by atoms with Crippen LogP contribution in [0.5, 0.6) is 0 Å². The Kier molecular flexibility index (Phi) is 2.86. The molecule has 0 rings (SSSR count). The quantitative estimate of drug-likeness (QED) is 0.214. The van der Waals surface area contributed by atoms with Crippen LogP contribution < -0.4 is 5.26 Å². The third-order valence-electron chi connectivity index (χ3n) is 0.129. The van der Waals surface area contributed by atoms with Crippen molar-refractivity contribution in [3.63, 3.8) is 0 Å². The maximum Gasteiger partial charge on any atom is 0.147 e. The molecule has 0 aliphatic carbocycles. The smallest absolute Gasteiger partial charge is 0.147 e. The van der Waals surface area contributed by atoms with Gasteiger partial charge in [-0.25, -0.2) is 0 Å². The molecule has 0 saturated heterocycles. The first-order valence-corrected chi connectivity index (χ1v) is 1.21. The van der Waals surface area contributed by atoms with Gasteiger partial charge in [-0.05, 0) is 0 Å². The van der Waals surface area contributed by atoms with Gasteiger partial charge in [0.15, 0.2) is 0 Å². The van der Waals surface area contributed by atoms with Crippen LogP contribution in [0, 0.1) is 0 Å². The minimum atomic E-state index is 0.389. The summed E-state index contributed by atoms with van der Waals surface area (Å²) in [4.78, 5) is 2.49. The average Bonchev–Trinajstić information content (AvgIpc) is 1.37. The van der Waals surface area contributed by atoms with E-state index < -0.39 is 0 Å². The summed E-state index contributed by atoms with van der Waals surface area (Å²) in [6.07, 6.45) is 0. The van der Waals surface area contributed by atoms with E-state index in [1.54, 1.807) is 6.92 Å². The Hall–Kier alpha value is -0.0800. The molecule has 0 bridgehead atoms. The maximum atomic E-state index is 8.92. The van der Waals surface area contributed by atoms with Crippen molar-refractivity contribution < 1.29 is 10.1 Å². The van der Waals surface area contributed by atoms with Crippen molar-refractivity contribution >= 4 is 0 Å². The minimum Gasteiger partial charge on any atom is -0.535 e. The second-order valence-corrected chi connectivity index (χ2v) is 0.445. The third kappa shape index (κ3) is 1.92. The van der Waals surface area contributed by atoms with Gasteiger partial charge in [0.25, 0.3) is 0 Å². The van der Waals surface area contributed by atoms with E-state index in [9.17, 15) is 0 Å². The zero-order valence-corrected chi connectivity index (χ0v) is 2.56. The predicted octanol–water partition coefficient (Wildman–Crippen LogP) is -1.19. The lowest BCUT2D eigenvalue weighted by molar-refractivity contribution is -0.775. The Morgan fingerprint density at radius 2 is 2.25 bits per heavy atom. The summed E-state index contributed by atoms with van der Waals surface area (Å²) in [5.74, 6) is 0. The largest absolute Gasteiger partial charge is 0.535 e. The Morgan fingerprint density at radius 1 is 2.00 bits per heavy atom. The van der Waals surface area contributed by atoms with Crippen LogP contribution >= 0.6 is 0 Å². The zero-order valence-electron chi connectivity index (χ0n) is 2.56. The molecule has 0 aromatic rings. The summed E-state index contributed by atoms with van der Waals surface area (Å²) in [5, 5.41) is 8.92. The van der Waals surface area contributed by atoms with Crippen LogP contribution in [-0.2, 0) is 0 Å². The van der Waals surface area contributed by atoms with E-state index in [4.69, 9.17) is 5.26 Å². The standard InChI is InChI=1S/C2H6O2/c1-2-4-3/h4H,2H2,1H3. The summed E-state index contributed by atoms with van der Waals surface area (Å²) in [5.41, 5.74) is 0. The minimum absolute atomic E-state index is 0.389. The topological polar surface area (TPSA) is 35.9 Å². The van der Waals surface area contributed by atoms with E-state index in [0.29, 0.717) is 6.61 Å². The third-order valence-corrected chi connectivity index (χ3v) is 0.129. The highest BCUT2D eigenvalue weighted by molar-refractivity contribution is 3.85. The molecule has 2 nitrogen and oxygen atoms in total. The van der Waals surface area contributed by atoms with E-state index in [1.807, 2.05) is 0 Å². The van der Waals surface area contributed by atoms with Crippen LogP contribution in [0.25, 0.3) is 0 Å². The second-order valence-electron chi connectivity index (χ2n) is 0.445. The van der Waals surface area contributed by atoms with Gasteiger partial charge < -0.3 is 10.1 Å². The first kappa shape index (κ1) is 3.92. The Balaban J connectivity index is 1.97. The first-order chi connectivity index (χ1) is 1.91.